The van der Waals surface area contributed by atoms with Crippen LogP contribution in [0.4, 0.5) is 17.1 Å². The van der Waals surface area contributed by atoms with Gasteiger partial charge in [0, 0.05) is 30.3 Å². The van der Waals surface area contributed by atoms with E-state index in [9.17, 15) is 0 Å². The van der Waals surface area contributed by atoms with Crippen molar-refractivity contribution in [2.45, 2.75) is 0 Å². The Morgan fingerprint density at radius 2 is 1.14 bits per heavy atom. The van der Waals surface area contributed by atoms with Crippen molar-refractivity contribution >= 4 is 23.3 Å². The molecule has 0 aliphatic rings. The molecule has 0 aliphatic heterocycles. The molecule has 0 aliphatic carbocycles. The fourth-order valence-electron chi connectivity index (χ4n) is 3.34. The largest absolute Gasteiger partial charge is 0.310 e. The minimum absolute atomic E-state index is 1.11. The van der Waals surface area contributed by atoms with Gasteiger partial charge in [-0.15, -0.1) is 0 Å². The minimum atomic E-state index is 1.11. The predicted octanol–water partition coefficient (Wildman–Crippen LogP) is 6.87. The Morgan fingerprint density at radius 1 is 0.571 bits per heavy atom. The summed E-state index contributed by atoms with van der Waals surface area (Å²) in [4.78, 5) is 6.36. The zero-order chi connectivity index (χ0) is 19.2. The average molecular weight is 362 g/mol. The highest BCUT2D eigenvalue weighted by atomic mass is 15.1. The maximum absolute atomic E-state index is 4.08. The summed E-state index contributed by atoms with van der Waals surface area (Å²) in [7, 11) is 1.79. The van der Waals surface area contributed by atoms with Crippen molar-refractivity contribution in [3.8, 4) is 11.1 Å². The Morgan fingerprint density at radius 3 is 1.71 bits per heavy atom. The number of anilines is 3. The third kappa shape index (κ3) is 3.86. The van der Waals surface area contributed by atoms with Crippen LogP contribution in [0, 0.1) is 0 Å². The van der Waals surface area contributed by atoms with Gasteiger partial charge in [-0.3, -0.25) is 4.99 Å². The first-order chi connectivity index (χ1) is 13.8. The van der Waals surface area contributed by atoms with Crippen LogP contribution in [0.25, 0.3) is 11.1 Å². The quantitative estimate of drug-likeness (QED) is 0.354. The molecule has 0 saturated heterocycles. The minimum Gasteiger partial charge on any atom is -0.310 e. The molecule has 0 N–H and O–H groups in total. The molecule has 0 amide bonds. The van der Waals surface area contributed by atoms with Crippen LogP contribution in [0.3, 0.4) is 0 Å². The molecule has 0 bridgehead atoms. The zero-order valence-electron chi connectivity index (χ0n) is 15.9. The molecule has 4 aromatic rings. The van der Waals surface area contributed by atoms with Crippen LogP contribution in [-0.2, 0) is 0 Å². The lowest BCUT2D eigenvalue weighted by atomic mass is 10.0. The molecule has 0 atom stereocenters. The van der Waals surface area contributed by atoms with Gasteiger partial charge in [-0.1, -0.05) is 72.8 Å². The number of rotatable bonds is 5. The number of para-hydroxylation sites is 2. The summed E-state index contributed by atoms with van der Waals surface area (Å²) in [6, 6.07) is 38.1. The molecular weight excluding hydrogens is 340 g/mol. The Kier molecular flexibility index (Phi) is 5.30. The van der Waals surface area contributed by atoms with E-state index in [1.807, 2.05) is 18.3 Å². The molecule has 0 spiro atoms. The number of hydrogen-bond donors (Lipinski definition) is 0. The summed E-state index contributed by atoms with van der Waals surface area (Å²) in [6.45, 7) is 0. The van der Waals surface area contributed by atoms with E-state index in [4.69, 9.17) is 0 Å². The third-order valence-corrected chi connectivity index (χ3v) is 4.66. The summed E-state index contributed by atoms with van der Waals surface area (Å²) >= 11 is 0. The maximum Gasteiger partial charge on any atom is 0.0467 e. The van der Waals surface area contributed by atoms with Crippen molar-refractivity contribution in [1.29, 1.82) is 0 Å². The number of benzene rings is 4. The van der Waals surface area contributed by atoms with Crippen molar-refractivity contribution < 1.29 is 0 Å². The van der Waals surface area contributed by atoms with Gasteiger partial charge in [0.2, 0.25) is 0 Å². The highest BCUT2D eigenvalue weighted by Crippen LogP contribution is 2.36. The summed E-state index contributed by atoms with van der Waals surface area (Å²) in [5.74, 6) is 0. The first kappa shape index (κ1) is 17.7. The van der Waals surface area contributed by atoms with Crippen LogP contribution in [0.15, 0.2) is 114 Å². The molecule has 0 saturated carbocycles. The van der Waals surface area contributed by atoms with Gasteiger partial charge in [-0.05, 0) is 53.1 Å². The number of hydrogen-bond acceptors (Lipinski definition) is 2. The van der Waals surface area contributed by atoms with Gasteiger partial charge in [0.15, 0.2) is 0 Å². The Balaban J connectivity index is 1.77. The third-order valence-electron chi connectivity index (χ3n) is 4.66. The number of aliphatic imine (C=N–C) groups is 1. The Labute approximate surface area is 166 Å². The van der Waals surface area contributed by atoms with Crippen LogP contribution in [0.5, 0.6) is 0 Å². The molecule has 28 heavy (non-hydrogen) atoms. The van der Waals surface area contributed by atoms with Gasteiger partial charge in [0.25, 0.3) is 0 Å². The van der Waals surface area contributed by atoms with Crippen molar-refractivity contribution in [3.05, 3.63) is 115 Å². The van der Waals surface area contributed by atoms with Crippen LogP contribution in [-0.4, -0.2) is 13.3 Å². The molecule has 136 valence electrons. The molecule has 0 heterocycles. The van der Waals surface area contributed by atoms with Crippen LogP contribution >= 0.6 is 0 Å². The lowest BCUT2D eigenvalue weighted by molar-refractivity contribution is 1.28. The van der Waals surface area contributed by atoms with Gasteiger partial charge < -0.3 is 4.90 Å². The van der Waals surface area contributed by atoms with Gasteiger partial charge in [-0.25, -0.2) is 0 Å². The molecule has 0 fully saturated rings. The molecule has 4 aromatic carbocycles. The second kappa shape index (κ2) is 8.36. The van der Waals surface area contributed by atoms with Crippen molar-refractivity contribution in [3.63, 3.8) is 0 Å². The molecule has 4 rings (SSSR count). The molecule has 0 aromatic heterocycles. The Bertz CT molecular complexity index is 1010. The number of nitrogens with zero attached hydrogens (tertiary/aromatic N) is 2. The first-order valence-corrected chi connectivity index (χ1v) is 9.38. The first-order valence-electron chi connectivity index (χ1n) is 9.38. The fraction of sp³-hybridized carbons (Fsp3) is 0.0385. The van der Waals surface area contributed by atoms with Crippen molar-refractivity contribution in [2.24, 2.45) is 4.99 Å². The van der Waals surface area contributed by atoms with Crippen LogP contribution in [0.2, 0.25) is 0 Å². The van der Waals surface area contributed by atoms with Gasteiger partial charge in [0.1, 0.15) is 0 Å². The topological polar surface area (TPSA) is 15.6 Å². The van der Waals surface area contributed by atoms with E-state index in [0.29, 0.717) is 0 Å². The van der Waals surface area contributed by atoms with E-state index in [0.717, 1.165) is 22.6 Å². The van der Waals surface area contributed by atoms with Gasteiger partial charge >= 0.3 is 0 Å². The van der Waals surface area contributed by atoms with E-state index < -0.39 is 0 Å². The lowest BCUT2D eigenvalue weighted by Gasteiger charge is -2.25. The molecular formula is C26H22N2. The van der Waals surface area contributed by atoms with Crippen LogP contribution in [0.1, 0.15) is 5.56 Å². The fourth-order valence-corrected chi connectivity index (χ4v) is 3.34. The summed E-state index contributed by atoms with van der Waals surface area (Å²) in [5.41, 5.74) is 6.90. The summed E-state index contributed by atoms with van der Waals surface area (Å²) in [5, 5.41) is 0. The SMILES string of the molecule is CN=Cc1ccc(-c2cccc(N(c3ccccc3)c3ccccc3)c2)cc1. The van der Waals surface area contributed by atoms with Crippen molar-refractivity contribution in [2.75, 3.05) is 11.9 Å². The zero-order valence-corrected chi connectivity index (χ0v) is 15.9. The molecule has 2 nitrogen and oxygen atoms in total. The van der Waals surface area contributed by atoms with E-state index >= 15 is 0 Å². The summed E-state index contributed by atoms with van der Waals surface area (Å²) < 4.78 is 0. The van der Waals surface area contributed by atoms with Crippen molar-refractivity contribution in [1.82, 2.24) is 0 Å². The van der Waals surface area contributed by atoms with Gasteiger partial charge in [0.05, 0.1) is 0 Å². The van der Waals surface area contributed by atoms with E-state index in [-0.39, 0.29) is 0 Å². The van der Waals surface area contributed by atoms with E-state index in [1.165, 1.54) is 11.1 Å². The van der Waals surface area contributed by atoms with Gasteiger partial charge in [-0.2, -0.15) is 0 Å². The lowest BCUT2D eigenvalue weighted by Crippen LogP contribution is -2.09. The summed E-state index contributed by atoms with van der Waals surface area (Å²) in [6.07, 6.45) is 1.87. The highest BCUT2D eigenvalue weighted by molar-refractivity contribution is 5.82. The highest BCUT2D eigenvalue weighted by Gasteiger charge is 2.12. The van der Waals surface area contributed by atoms with E-state index in [2.05, 4.69) is 107 Å². The second-order valence-corrected chi connectivity index (χ2v) is 6.57. The second-order valence-electron chi connectivity index (χ2n) is 6.57. The smallest absolute Gasteiger partial charge is 0.0467 e. The Hall–Kier alpha value is -3.65. The molecule has 2 heteroatoms. The van der Waals surface area contributed by atoms with Crippen LogP contribution < -0.4 is 4.90 Å². The van der Waals surface area contributed by atoms with E-state index in [1.54, 1.807) is 7.05 Å². The maximum atomic E-state index is 4.08. The standard InChI is InChI=1S/C26H22N2/c1-27-20-21-15-17-22(18-16-21)23-9-8-14-26(19-23)28(24-10-4-2-5-11-24)25-12-6-3-7-13-25/h2-20H,1H3. The molecule has 0 radical (unpaired) electrons. The molecule has 0 unspecified atom stereocenters. The normalized spacial score (nSPS) is 10.9. The average Bonchev–Trinajstić information content (AvgIpc) is 2.77. The predicted molar refractivity (Wildman–Crippen MR) is 120 cm³/mol. The monoisotopic (exact) mass is 362 g/mol.